The fraction of sp³-hybridized carbons (Fsp3) is 0.947. The van der Waals surface area contributed by atoms with Gasteiger partial charge in [-0.1, -0.05) is 27.7 Å². The summed E-state index contributed by atoms with van der Waals surface area (Å²) in [5.74, 6) is 3.57. The Kier molecular flexibility index (Phi) is 16.3. The molecular weight excluding hydrogens is 350 g/mol. The van der Waals surface area contributed by atoms with Crippen molar-refractivity contribution in [1.82, 2.24) is 5.32 Å². The molecule has 0 spiro atoms. The summed E-state index contributed by atoms with van der Waals surface area (Å²) in [5.41, 5.74) is 5.76. The number of aliphatic hydroxyl groups excluding tert-OH is 2. The lowest BCUT2D eigenvalue weighted by Crippen LogP contribution is -2.34. The van der Waals surface area contributed by atoms with E-state index in [-0.39, 0.29) is 19.3 Å². The Labute approximate surface area is 164 Å². The molecule has 0 fully saturated rings. The number of ether oxygens (including phenoxy) is 1. The Morgan fingerprint density at radius 2 is 1.77 bits per heavy atom. The van der Waals surface area contributed by atoms with Crippen molar-refractivity contribution in [2.75, 3.05) is 37.8 Å². The lowest BCUT2D eigenvalue weighted by Gasteiger charge is -2.13. The van der Waals surface area contributed by atoms with Crippen molar-refractivity contribution in [2.24, 2.45) is 22.6 Å². The molecule has 7 heteroatoms. The molecule has 26 heavy (non-hydrogen) atoms. The first-order valence-corrected chi connectivity index (χ1v) is 11.0. The van der Waals surface area contributed by atoms with Crippen molar-refractivity contribution in [3.63, 3.8) is 0 Å². The van der Waals surface area contributed by atoms with E-state index in [9.17, 15) is 10.2 Å². The predicted molar refractivity (Wildman–Crippen MR) is 113 cm³/mol. The molecular formula is C19H41N3O3S. The Balaban J connectivity index is 3.58. The number of thioether (sulfide) groups is 1. The van der Waals surface area contributed by atoms with E-state index < -0.39 is 6.10 Å². The number of guanidine groups is 1. The van der Waals surface area contributed by atoms with E-state index in [0.717, 1.165) is 43.7 Å². The van der Waals surface area contributed by atoms with Crippen molar-refractivity contribution < 1.29 is 14.9 Å². The second-order valence-corrected chi connectivity index (χ2v) is 8.72. The monoisotopic (exact) mass is 391 g/mol. The maximum atomic E-state index is 9.87. The topological polar surface area (TPSA) is 100 Å². The molecule has 0 amide bonds. The number of nitrogens with one attached hydrogen (secondary N) is 1. The van der Waals surface area contributed by atoms with E-state index >= 15 is 0 Å². The van der Waals surface area contributed by atoms with E-state index in [2.05, 4.69) is 38.0 Å². The summed E-state index contributed by atoms with van der Waals surface area (Å²) in [4.78, 5) is 4.13. The molecule has 0 rings (SSSR count). The van der Waals surface area contributed by atoms with Gasteiger partial charge >= 0.3 is 0 Å². The molecule has 0 aromatic rings. The van der Waals surface area contributed by atoms with Crippen LogP contribution < -0.4 is 11.1 Å². The van der Waals surface area contributed by atoms with Crippen molar-refractivity contribution in [3.05, 3.63) is 0 Å². The molecule has 0 radical (unpaired) electrons. The summed E-state index contributed by atoms with van der Waals surface area (Å²) in [6.07, 6.45) is 2.80. The number of aliphatic imine (C=N–C) groups is 1. The fourth-order valence-corrected chi connectivity index (χ4v) is 3.25. The highest BCUT2D eigenvalue weighted by Gasteiger charge is 2.07. The number of aliphatic hydroxyl groups is 2. The number of nitrogens with two attached hydrogens (primary N) is 1. The van der Waals surface area contributed by atoms with Crippen LogP contribution in [0.15, 0.2) is 4.99 Å². The van der Waals surface area contributed by atoms with Gasteiger partial charge in [0.15, 0.2) is 5.96 Å². The molecule has 0 bridgehead atoms. The zero-order valence-corrected chi connectivity index (χ0v) is 17.9. The molecule has 0 saturated carbocycles. The smallest absolute Gasteiger partial charge is 0.188 e. The predicted octanol–water partition coefficient (Wildman–Crippen LogP) is 2.23. The van der Waals surface area contributed by atoms with Gasteiger partial charge in [-0.3, -0.25) is 4.99 Å². The Morgan fingerprint density at radius 3 is 2.42 bits per heavy atom. The molecule has 0 saturated heterocycles. The molecule has 5 N–H and O–H groups in total. The molecule has 2 atom stereocenters. The summed E-state index contributed by atoms with van der Waals surface area (Å²) in [6, 6.07) is 0. The zero-order chi connectivity index (χ0) is 19.8. The third-order valence-electron chi connectivity index (χ3n) is 3.63. The van der Waals surface area contributed by atoms with Crippen LogP contribution in [0.25, 0.3) is 0 Å². The van der Waals surface area contributed by atoms with Crippen molar-refractivity contribution >= 4 is 17.7 Å². The van der Waals surface area contributed by atoms with E-state index in [1.165, 1.54) is 0 Å². The summed E-state index contributed by atoms with van der Waals surface area (Å²) in [6.45, 7) is 10.6. The zero-order valence-electron chi connectivity index (χ0n) is 17.1. The highest BCUT2D eigenvalue weighted by atomic mass is 32.2. The maximum absolute atomic E-state index is 9.87. The number of hydrogen-bond acceptors (Lipinski definition) is 5. The van der Waals surface area contributed by atoms with Gasteiger partial charge in [-0.2, -0.15) is 11.8 Å². The van der Waals surface area contributed by atoms with Crippen LogP contribution >= 0.6 is 11.8 Å². The summed E-state index contributed by atoms with van der Waals surface area (Å²) in [7, 11) is 0. The van der Waals surface area contributed by atoms with Gasteiger partial charge in [0.1, 0.15) is 0 Å². The molecule has 0 aliphatic carbocycles. The Bertz CT molecular complexity index is 355. The lowest BCUT2D eigenvalue weighted by atomic mass is 10.1. The quantitative estimate of drug-likeness (QED) is 0.183. The summed E-state index contributed by atoms with van der Waals surface area (Å²) >= 11 is 1.79. The second kappa shape index (κ2) is 16.7. The second-order valence-electron chi connectivity index (χ2n) is 7.64. The number of rotatable bonds is 16. The highest BCUT2D eigenvalue weighted by molar-refractivity contribution is 7.99. The number of nitrogens with zero attached hydrogens (tertiary/aromatic N) is 1. The van der Waals surface area contributed by atoms with Gasteiger partial charge in [0.05, 0.1) is 25.4 Å². The van der Waals surface area contributed by atoms with Crippen molar-refractivity contribution in [1.29, 1.82) is 0 Å². The van der Waals surface area contributed by atoms with Crippen LogP contribution in [0.2, 0.25) is 0 Å². The summed E-state index contributed by atoms with van der Waals surface area (Å²) < 4.78 is 5.45. The third-order valence-corrected chi connectivity index (χ3v) is 5.16. The van der Waals surface area contributed by atoms with Crippen molar-refractivity contribution in [3.8, 4) is 0 Å². The van der Waals surface area contributed by atoms with Gasteiger partial charge in [-0.05, 0) is 43.3 Å². The number of hydrogen-bond donors (Lipinski definition) is 4. The van der Waals surface area contributed by atoms with E-state index in [0.29, 0.717) is 24.4 Å². The van der Waals surface area contributed by atoms with Gasteiger partial charge in [0.25, 0.3) is 0 Å². The molecule has 0 heterocycles. The molecule has 0 aromatic carbocycles. The fourth-order valence-electron chi connectivity index (χ4n) is 2.20. The largest absolute Gasteiger partial charge is 0.392 e. The van der Waals surface area contributed by atoms with Crippen LogP contribution in [-0.2, 0) is 4.74 Å². The minimum atomic E-state index is -0.655. The minimum absolute atomic E-state index is 0.234. The van der Waals surface area contributed by atoms with Crippen LogP contribution in [0.5, 0.6) is 0 Å². The SMILES string of the molecule is CC(C)CCCNC(N)=NCC(O)COCCCC(O)CSCC(C)C. The first-order valence-electron chi connectivity index (χ1n) is 9.86. The molecule has 156 valence electrons. The molecule has 0 aliphatic rings. The van der Waals surface area contributed by atoms with Crippen LogP contribution in [0.3, 0.4) is 0 Å². The maximum Gasteiger partial charge on any atom is 0.188 e. The van der Waals surface area contributed by atoms with Gasteiger partial charge in [-0.25, -0.2) is 0 Å². The van der Waals surface area contributed by atoms with Gasteiger partial charge < -0.3 is 26.0 Å². The third kappa shape index (κ3) is 18.3. The van der Waals surface area contributed by atoms with Crippen LogP contribution in [0, 0.1) is 11.8 Å². The average molecular weight is 392 g/mol. The normalized spacial score (nSPS) is 14.8. The Hall–Kier alpha value is -0.500. The lowest BCUT2D eigenvalue weighted by molar-refractivity contribution is 0.0364. The highest BCUT2D eigenvalue weighted by Crippen LogP contribution is 2.11. The van der Waals surface area contributed by atoms with Crippen LogP contribution in [-0.4, -0.2) is 66.2 Å². The van der Waals surface area contributed by atoms with E-state index in [4.69, 9.17) is 10.5 Å². The van der Waals surface area contributed by atoms with Gasteiger partial charge in [0, 0.05) is 18.9 Å². The first kappa shape index (κ1) is 25.5. The van der Waals surface area contributed by atoms with Crippen molar-refractivity contribution in [2.45, 2.75) is 65.6 Å². The molecule has 0 aromatic heterocycles. The molecule has 0 aliphatic heterocycles. The standard InChI is InChI=1S/C19H41N3O3S/c1-15(2)7-5-9-21-19(20)22-11-18(24)12-25-10-6-8-17(23)14-26-13-16(3)4/h15-18,23-24H,5-14H2,1-4H3,(H3,20,21,22). The van der Waals surface area contributed by atoms with Crippen LogP contribution in [0.4, 0.5) is 0 Å². The minimum Gasteiger partial charge on any atom is -0.392 e. The van der Waals surface area contributed by atoms with E-state index in [1.54, 1.807) is 11.8 Å². The van der Waals surface area contributed by atoms with Crippen LogP contribution in [0.1, 0.15) is 53.4 Å². The molecule has 2 unspecified atom stereocenters. The Morgan fingerprint density at radius 1 is 1.04 bits per heavy atom. The first-order chi connectivity index (χ1) is 12.3. The summed E-state index contributed by atoms with van der Waals surface area (Å²) in [5, 5.41) is 22.8. The van der Waals surface area contributed by atoms with Gasteiger partial charge in [-0.15, -0.1) is 0 Å². The molecule has 6 nitrogen and oxygen atoms in total. The van der Waals surface area contributed by atoms with E-state index in [1.807, 2.05) is 0 Å². The van der Waals surface area contributed by atoms with Gasteiger partial charge in [0.2, 0.25) is 0 Å². The average Bonchev–Trinajstić information content (AvgIpc) is 2.56.